The quantitative estimate of drug-likeness (QED) is 0.690. The van der Waals surface area contributed by atoms with E-state index < -0.39 is 0 Å². The van der Waals surface area contributed by atoms with Crippen LogP contribution in [-0.2, 0) is 6.42 Å². The molecule has 1 aliphatic carbocycles. The lowest BCUT2D eigenvalue weighted by Gasteiger charge is -2.10. The summed E-state index contributed by atoms with van der Waals surface area (Å²) in [4.78, 5) is 0. The average molecular weight is 210 g/mol. The summed E-state index contributed by atoms with van der Waals surface area (Å²) in [7, 11) is 0. The van der Waals surface area contributed by atoms with Crippen LogP contribution in [0.1, 0.15) is 43.2 Å². The van der Waals surface area contributed by atoms with Crippen molar-refractivity contribution in [2.24, 2.45) is 0 Å². The zero-order valence-corrected chi connectivity index (χ0v) is 9.87. The van der Waals surface area contributed by atoms with Crippen LogP contribution in [0.4, 0.5) is 0 Å². The molecule has 0 spiro atoms. The molecule has 0 unspecified atom stereocenters. The van der Waals surface area contributed by atoms with Gasteiger partial charge >= 0.3 is 0 Å². The maximum atomic E-state index is 2.33. The van der Waals surface area contributed by atoms with Crippen molar-refractivity contribution in [1.29, 1.82) is 0 Å². The Bertz CT molecular complexity index is 505. The van der Waals surface area contributed by atoms with Crippen LogP contribution in [0.2, 0.25) is 0 Å². The molecule has 2 aromatic rings. The van der Waals surface area contributed by atoms with Crippen molar-refractivity contribution >= 4 is 10.8 Å². The fraction of sp³-hybridized carbons (Fsp3) is 0.375. The van der Waals surface area contributed by atoms with Crippen LogP contribution in [0.15, 0.2) is 36.4 Å². The lowest BCUT2D eigenvalue weighted by atomic mass is 9.94. The number of rotatable bonds is 3. The van der Waals surface area contributed by atoms with Crippen LogP contribution in [-0.4, -0.2) is 0 Å². The maximum absolute atomic E-state index is 2.33. The summed E-state index contributed by atoms with van der Waals surface area (Å²) in [5, 5.41) is 2.97. The Hall–Kier alpha value is -1.30. The van der Waals surface area contributed by atoms with Crippen LogP contribution < -0.4 is 0 Å². The molecule has 0 heteroatoms. The fourth-order valence-corrected chi connectivity index (χ4v) is 3.04. The third kappa shape index (κ3) is 1.44. The second-order valence-corrected chi connectivity index (χ2v) is 4.91. The molecule has 0 radical (unpaired) electrons. The first-order valence-corrected chi connectivity index (χ1v) is 6.40. The molecule has 0 aromatic heterocycles. The van der Waals surface area contributed by atoms with Crippen molar-refractivity contribution in [2.45, 2.75) is 38.5 Å². The molecule has 2 aromatic carbocycles. The van der Waals surface area contributed by atoms with Gasteiger partial charge < -0.3 is 0 Å². The predicted molar refractivity (Wildman–Crippen MR) is 69.9 cm³/mol. The standard InChI is InChI=1S/C16H18/c1-2-3-6-13-11-14-9-4-7-12-8-5-10-15(13)16(12)14/h4-5,7-10,13H,2-3,6,11H2,1H3/t13-/m0/s1. The molecule has 16 heavy (non-hydrogen) atoms. The molecular weight excluding hydrogens is 192 g/mol. The van der Waals surface area contributed by atoms with Gasteiger partial charge in [-0.2, -0.15) is 0 Å². The summed E-state index contributed by atoms with van der Waals surface area (Å²) in [5.74, 6) is 0.779. The smallest absolute Gasteiger partial charge is 0.0115 e. The Balaban J connectivity index is 2.07. The summed E-state index contributed by atoms with van der Waals surface area (Å²) < 4.78 is 0. The lowest BCUT2D eigenvalue weighted by Crippen LogP contribution is -1.95. The van der Waals surface area contributed by atoms with Gasteiger partial charge in [0, 0.05) is 0 Å². The van der Waals surface area contributed by atoms with Gasteiger partial charge in [-0.25, -0.2) is 0 Å². The zero-order valence-electron chi connectivity index (χ0n) is 9.87. The monoisotopic (exact) mass is 210 g/mol. The predicted octanol–water partition coefficient (Wildman–Crippen LogP) is 4.67. The summed E-state index contributed by atoms with van der Waals surface area (Å²) in [6.07, 6.45) is 5.28. The third-order valence-corrected chi connectivity index (χ3v) is 3.84. The number of benzene rings is 2. The first kappa shape index (κ1) is 9.89. The van der Waals surface area contributed by atoms with E-state index in [0.29, 0.717) is 0 Å². The number of unbranched alkanes of at least 4 members (excludes halogenated alkanes) is 1. The van der Waals surface area contributed by atoms with E-state index in [0.717, 1.165) is 5.92 Å². The Kier molecular flexibility index (Phi) is 2.43. The first-order valence-electron chi connectivity index (χ1n) is 6.40. The second kappa shape index (κ2) is 3.93. The Morgan fingerprint density at radius 2 is 1.94 bits per heavy atom. The molecular formula is C16H18. The highest BCUT2D eigenvalue weighted by Gasteiger charge is 2.22. The van der Waals surface area contributed by atoms with E-state index in [1.54, 1.807) is 16.5 Å². The van der Waals surface area contributed by atoms with Gasteiger partial charge in [0.25, 0.3) is 0 Å². The highest BCUT2D eigenvalue weighted by Crippen LogP contribution is 2.40. The molecule has 0 aliphatic heterocycles. The van der Waals surface area contributed by atoms with Crippen molar-refractivity contribution in [3.05, 3.63) is 47.5 Å². The number of hydrogen-bond acceptors (Lipinski definition) is 0. The van der Waals surface area contributed by atoms with Crippen molar-refractivity contribution < 1.29 is 0 Å². The molecule has 0 fully saturated rings. The van der Waals surface area contributed by atoms with Crippen LogP contribution in [0.5, 0.6) is 0 Å². The first-order chi connectivity index (χ1) is 7.90. The Morgan fingerprint density at radius 3 is 2.75 bits per heavy atom. The minimum Gasteiger partial charge on any atom is -0.0654 e. The molecule has 3 rings (SSSR count). The molecule has 0 saturated carbocycles. The van der Waals surface area contributed by atoms with Gasteiger partial charge in [-0.1, -0.05) is 56.2 Å². The lowest BCUT2D eigenvalue weighted by molar-refractivity contribution is 0.598. The Labute approximate surface area is 97.3 Å². The van der Waals surface area contributed by atoms with Crippen molar-refractivity contribution in [3.63, 3.8) is 0 Å². The van der Waals surface area contributed by atoms with E-state index in [1.165, 1.54) is 31.1 Å². The van der Waals surface area contributed by atoms with Crippen LogP contribution >= 0.6 is 0 Å². The maximum Gasteiger partial charge on any atom is -0.0115 e. The van der Waals surface area contributed by atoms with E-state index in [-0.39, 0.29) is 0 Å². The highest BCUT2D eigenvalue weighted by molar-refractivity contribution is 5.91. The third-order valence-electron chi connectivity index (χ3n) is 3.84. The van der Waals surface area contributed by atoms with Gasteiger partial charge in [-0.15, -0.1) is 0 Å². The summed E-state index contributed by atoms with van der Waals surface area (Å²) >= 11 is 0. The van der Waals surface area contributed by atoms with Gasteiger partial charge in [-0.05, 0) is 40.7 Å². The summed E-state index contributed by atoms with van der Waals surface area (Å²) in [6.45, 7) is 2.28. The summed E-state index contributed by atoms with van der Waals surface area (Å²) in [5.41, 5.74) is 3.16. The van der Waals surface area contributed by atoms with Crippen LogP contribution in [0.25, 0.3) is 10.8 Å². The molecule has 0 amide bonds. The normalized spacial score (nSPS) is 18.2. The Morgan fingerprint density at radius 1 is 1.12 bits per heavy atom. The highest BCUT2D eigenvalue weighted by atomic mass is 14.3. The van der Waals surface area contributed by atoms with Crippen molar-refractivity contribution in [2.75, 3.05) is 0 Å². The molecule has 1 atom stereocenters. The molecule has 1 aliphatic rings. The average Bonchev–Trinajstić information content (AvgIpc) is 2.68. The van der Waals surface area contributed by atoms with Crippen LogP contribution in [0, 0.1) is 0 Å². The van der Waals surface area contributed by atoms with E-state index in [9.17, 15) is 0 Å². The molecule has 82 valence electrons. The summed E-state index contributed by atoms with van der Waals surface area (Å²) in [6, 6.07) is 13.5. The fourth-order valence-electron chi connectivity index (χ4n) is 3.04. The van der Waals surface area contributed by atoms with Gasteiger partial charge in [-0.3, -0.25) is 0 Å². The SMILES string of the molecule is CCCC[C@H]1Cc2cccc3cccc1c23. The van der Waals surface area contributed by atoms with E-state index in [1.807, 2.05) is 0 Å². The van der Waals surface area contributed by atoms with Crippen molar-refractivity contribution in [1.82, 2.24) is 0 Å². The largest absolute Gasteiger partial charge is 0.0654 e. The van der Waals surface area contributed by atoms with E-state index in [2.05, 4.69) is 43.3 Å². The molecule has 0 nitrogen and oxygen atoms in total. The molecule has 0 saturated heterocycles. The zero-order chi connectivity index (χ0) is 11.0. The van der Waals surface area contributed by atoms with Gasteiger partial charge in [0.1, 0.15) is 0 Å². The molecule has 0 heterocycles. The molecule has 0 bridgehead atoms. The topological polar surface area (TPSA) is 0 Å². The van der Waals surface area contributed by atoms with Crippen LogP contribution in [0.3, 0.4) is 0 Å². The second-order valence-electron chi connectivity index (χ2n) is 4.91. The van der Waals surface area contributed by atoms with Gasteiger partial charge in [0.15, 0.2) is 0 Å². The van der Waals surface area contributed by atoms with Gasteiger partial charge in [0.2, 0.25) is 0 Å². The minimum absolute atomic E-state index is 0.779. The van der Waals surface area contributed by atoms with E-state index in [4.69, 9.17) is 0 Å². The van der Waals surface area contributed by atoms with Crippen molar-refractivity contribution in [3.8, 4) is 0 Å². The van der Waals surface area contributed by atoms with Gasteiger partial charge in [0.05, 0.1) is 0 Å². The minimum atomic E-state index is 0.779. The number of hydrogen-bond donors (Lipinski definition) is 0. The molecule has 0 N–H and O–H groups in total. The van der Waals surface area contributed by atoms with E-state index >= 15 is 0 Å².